The summed E-state index contributed by atoms with van der Waals surface area (Å²) in [5, 5.41) is 3.31. The Labute approximate surface area is 120 Å². The van der Waals surface area contributed by atoms with Gasteiger partial charge in [-0.15, -0.1) is 0 Å². The molecule has 0 bridgehead atoms. The molecule has 6 heteroatoms. The van der Waals surface area contributed by atoms with Crippen molar-refractivity contribution in [3.05, 3.63) is 0 Å². The molecule has 0 heterocycles. The van der Waals surface area contributed by atoms with Crippen molar-refractivity contribution in [2.75, 3.05) is 5.33 Å². The second-order valence-corrected chi connectivity index (χ2v) is 6.14. The molecule has 19 heavy (non-hydrogen) atoms. The lowest BCUT2D eigenvalue weighted by atomic mass is 9.78. The zero-order valence-electron chi connectivity index (χ0n) is 11.3. The number of rotatable bonds is 4. The third-order valence-corrected chi connectivity index (χ3v) is 5.26. The lowest BCUT2D eigenvalue weighted by molar-refractivity contribution is -0.198. The molecule has 3 unspecified atom stereocenters. The molecule has 1 amide bonds. The van der Waals surface area contributed by atoms with Crippen LogP contribution in [0.15, 0.2) is 0 Å². The SMILES string of the molecule is CCC(C)(CBr)NC(=O)C1CCCCC1C(F)(F)F. The zero-order valence-corrected chi connectivity index (χ0v) is 12.9. The third kappa shape index (κ3) is 4.36. The van der Waals surface area contributed by atoms with Gasteiger partial charge in [0.1, 0.15) is 0 Å². The summed E-state index contributed by atoms with van der Waals surface area (Å²) in [6.45, 7) is 3.74. The molecule has 0 aliphatic heterocycles. The maximum atomic E-state index is 13.0. The minimum absolute atomic E-state index is 0.0682. The van der Waals surface area contributed by atoms with Gasteiger partial charge in [-0.05, 0) is 26.2 Å². The van der Waals surface area contributed by atoms with Crippen molar-refractivity contribution in [1.29, 1.82) is 0 Å². The topological polar surface area (TPSA) is 29.1 Å². The van der Waals surface area contributed by atoms with Gasteiger partial charge in [-0.25, -0.2) is 0 Å². The fourth-order valence-electron chi connectivity index (χ4n) is 2.44. The van der Waals surface area contributed by atoms with Crippen LogP contribution in [0.1, 0.15) is 46.0 Å². The summed E-state index contributed by atoms with van der Waals surface area (Å²) in [6.07, 6.45) is -1.96. The molecule has 0 aromatic carbocycles. The molecule has 0 radical (unpaired) electrons. The first-order valence-corrected chi connectivity index (χ1v) is 7.80. The van der Waals surface area contributed by atoms with Crippen molar-refractivity contribution < 1.29 is 18.0 Å². The number of hydrogen-bond acceptors (Lipinski definition) is 1. The van der Waals surface area contributed by atoms with Gasteiger partial charge in [0.05, 0.1) is 5.92 Å². The van der Waals surface area contributed by atoms with Gasteiger partial charge < -0.3 is 5.32 Å². The molecule has 0 saturated heterocycles. The summed E-state index contributed by atoms with van der Waals surface area (Å²) in [5.41, 5.74) is -0.481. The van der Waals surface area contributed by atoms with Crippen LogP contribution in [0.4, 0.5) is 13.2 Å². The standard InChI is InChI=1S/C13H21BrF3NO/c1-3-12(2,8-14)18-11(19)9-6-4-5-7-10(9)13(15,16)17/h9-10H,3-8H2,1-2H3,(H,18,19). The van der Waals surface area contributed by atoms with Crippen molar-refractivity contribution in [3.8, 4) is 0 Å². The van der Waals surface area contributed by atoms with Crippen LogP contribution in [-0.2, 0) is 4.79 Å². The summed E-state index contributed by atoms with van der Waals surface area (Å²) >= 11 is 3.30. The average Bonchev–Trinajstić information content (AvgIpc) is 2.37. The number of alkyl halides is 4. The quantitative estimate of drug-likeness (QED) is 0.767. The Morgan fingerprint density at radius 2 is 1.89 bits per heavy atom. The van der Waals surface area contributed by atoms with Gasteiger partial charge in [0.2, 0.25) is 5.91 Å². The fraction of sp³-hybridized carbons (Fsp3) is 0.923. The van der Waals surface area contributed by atoms with Crippen molar-refractivity contribution in [2.45, 2.75) is 57.7 Å². The maximum Gasteiger partial charge on any atom is 0.392 e. The molecule has 1 N–H and O–H groups in total. The van der Waals surface area contributed by atoms with Gasteiger partial charge in [-0.3, -0.25) is 4.79 Å². The van der Waals surface area contributed by atoms with E-state index in [1.54, 1.807) is 0 Å². The highest BCUT2D eigenvalue weighted by atomic mass is 79.9. The molecular formula is C13H21BrF3NO. The Kier molecular flexibility index (Phi) is 5.71. The van der Waals surface area contributed by atoms with E-state index in [0.717, 1.165) is 0 Å². The summed E-state index contributed by atoms with van der Waals surface area (Å²) in [7, 11) is 0. The molecule has 1 aliphatic carbocycles. The second kappa shape index (κ2) is 6.46. The highest BCUT2D eigenvalue weighted by molar-refractivity contribution is 9.09. The van der Waals surface area contributed by atoms with Crippen molar-refractivity contribution in [2.24, 2.45) is 11.8 Å². The molecule has 1 saturated carbocycles. The molecule has 1 aliphatic rings. The van der Waals surface area contributed by atoms with E-state index in [0.29, 0.717) is 31.0 Å². The average molecular weight is 344 g/mol. The molecule has 0 aromatic heterocycles. The number of nitrogens with one attached hydrogen (secondary N) is 1. The van der Waals surface area contributed by atoms with E-state index >= 15 is 0 Å². The first-order valence-electron chi connectivity index (χ1n) is 6.68. The van der Waals surface area contributed by atoms with Crippen LogP contribution in [0.2, 0.25) is 0 Å². The van der Waals surface area contributed by atoms with Crippen molar-refractivity contribution >= 4 is 21.8 Å². The number of halogens is 4. The van der Waals surface area contributed by atoms with E-state index in [1.165, 1.54) is 0 Å². The van der Waals surface area contributed by atoms with E-state index in [1.807, 2.05) is 13.8 Å². The van der Waals surface area contributed by atoms with Crippen LogP contribution >= 0.6 is 15.9 Å². The highest BCUT2D eigenvalue weighted by Crippen LogP contribution is 2.41. The monoisotopic (exact) mass is 343 g/mol. The molecule has 1 fully saturated rings. The fourth-order valence-corrected chi connectivity index (χ4v) is 2.98. The van der Waals surface area contributed by atoms with E-state index in [4.69, 9.17) is 0 Å². The van der Waals surface area contributed by atoms with E-state index in [9.17, 15) is 18.0 Å². The van der Waals surface area contributed by atoms with Gasteiger partial charge in [-0.2, -0.15) is 13.2 Å². The predicted molar refractivity (Wildman–Crippen MR) is 72.1 cm³/mol. The van der Waals surface area contributed by atoms with E-state index < -0.39 is 29.5 Å². The normalized spacial score (nSPS) is 27.7. The van der Waals surface area contributed by atoms with Gasteiger partial charge >= 0.3 is 6.18 Å². The first-order chi connectivity index (χ1) is 8.73. The number of hydrogen-bond donors (Lipinski definition) is 1. The lowest BCUT2D eigenvalue weighted by Gasteiger charge is -2.35. The smallest absolute Gasteiger partial charge is 0.350 e. The molecule has 1 rings (SSSR count). The van der Waals surface area contributed by atoms with E-state index in [2.05, 4.69) is 21.2 Å². The van der Waals surface area contributed by atoms with E-state index in [-0.39, 0.29) is 6.42 Å². The number of carbonyl (C=O) groups excluding carboxylic acids is 1. The first kappa shape index (κ1) is 16.8. The van der Waals surface area contributed by atoms with Crippen LogP contribution < -0.4 is 5.32 Å². The Hall–Kier alpha value is -0.260. The zero-order chi connectivity index (χ0) is 14.7. The molecular weight excluding hydrogens is 323 g/mol. The minimum Gasteiger partial charge on any atom is -0.350 e. The molecule has 112 valence electrons. The summed E-state index contributed by atoms with van der Waals surface area (Å²) in [6, 6.07) is 0. The Balaban J connectivity index is 2.78. The van der Waals surface area contributed by atoms with Crippen LogP contribution in [0, 0.1) is 11.8 Å². The lowest BCUT2D eigenvalue weighted by Crippen LogP contribution is -2.52. The maximum absolute atomic E-state index is 13.0. The molecule has 0 spiro atoms. The number of amides is 1. The predicted octanol–water partition coefficient (Wildman–Crippen LogP) is 4.03. The summed E-state index contributed by atoms with van der Waals surface area (Å²) in [5.74, 6) is -2.87. The van der Waals surface area contributed by atoms with Crippen molar-refractivity contribution in [3.63, 3.8) is 0 Å². The summed E-state index contributed by atoms with van der Waals surface area (Å²) < 4.78 is 38.9. The Morgan fingerprint density at radius 1 is 1.32 bits per heavy atom. The largest absolute Gasteiger partial charge is 0.392 e. The van der Waals surface area contributed by atoms with Crippen LogP contribution in [0.5, 0.6) is 0 Å². The second-order valence-electron chi connectivity index (χ2n) is 5.58. The van der Waals surface area contributed by atoms with Crippen molar-refractivity contribution in [1.82, 2.24) is 5.32 Å². The molecule has 2 nitrogen and oxygen atoms in total. The van der Waals surface area contributed by atoms with Crippen LogP contribution in [-0.4, -0.2) is 23.0 Å². The van der Waals surface area contributed by atoms with Gasteiger partial charge in [0.25, 0.3) is 0 Å². The van der Waals surface area contributed by atoms with Gasteiger partial charge in [0, 0.05) is 16.8 Å². The molecule has 0 aromatic rings. The Morgan fingerprint density at radius 3 is 2.37 bits per heavy atom. The van der Waals surface area contributed by atoms with Crippen LogP contribution in [0.25, 0.3) is 0 Å². The highest BCUT2D eigenvalue weighted by Gasteiger charge is 2.48. The summed E-state index contributed by atoms with van der Waals surface area (Å²) in [4.78, 5) is 12.2. The third-order valence-electron chi connectivity index (χ3n) is 4.02. The van der Waals surface area contributed by atoms with Gasteiger partial charge in [0.15, 0.2) is 0 Å². The molecule has 3 atom stereocenters. The number of carbonyl (C=O) groups is 1. The minimum atomic E-state index is -4.28. The van der Waals surface area contributed by atoms with Gasteiger partial charge in [-0.1, -0.05) is 35.7 Å². The Bertz CT molecular complexity index is 316. The van der Waals surface area contributed by atoms with Crippen LogP contribution in [0.3, 0.4) is 0 Å².